The average Bonchev–Trinajstić information content (AvgIpc) is 3.12. The van der Waals surface area contributed by atoms with Gasteiger partial charge in [-0.15, -0.1) is 0 Å². The first-order valence-electron chi connectivity index (χ1n) is 8.62. The second kappa shape index (κ2) is 4.55. The van der Waals surface area contributed by atoms with Crippen LogP contribution in [0.2, 0.25) is 0 Å². The lowest BCUT2D eigenvalue weighted by atomic mass is 10.0. The van der Waals surface area contributed by atoms with E-state index in [0.717, 1.165) is 43.1 Å². The molecule has 0 heterocycles. The molecule has 0 aromatic heterocycles. The molecule has 0 amide bonds. The summed E-state index contributed by atoms with van der Waals surface area (Å²) in [5.74, 6) is 0. The van der Waals surface area contributed by atoms with E-state index in [1.165, 1.54) is 0 Å². The van der Waals surface area contributed by atoms with E-state index in [1.807, 2.05) is 66.7 Å². The van der Waals surface area contributed by atoms with Gasteiger partial charge in [0.25, 0.3) is 0 Å². The van der Waals surface area contributed by atoms with Crippen molar-refractivity contribution in [2.75, 3.05) is 0 Å². The lowest BCUT2D eigenvalue weighted by molar-refractivity contribution is 1.80. The fraction of sp³-hybridized carbons (Fsp3) is 0. The van der Waals surface area contributed by atoms with E-state index in [9.17, 15) is 9.59 Å². The van der Waals surface area contributed by atoms with Gasteiger partial charge in [-0.05, 0) is 56.6 Å². The molecule has 6 aromatic carbocycles. The van der Waals surface area contributed by atoms with Crippen LogP contribution < -0.4 is 10.9 Å². The molecule has 2 nitrogen and oxygen atoms in total. The van der Waals surface area contributed by atoms with E-state index >= 15 is 0 Å². The highest BCUT2D eigenvalue weighted by atomic mass is 16.1. The van der Waals surface area contributed by atoms with Gasteiger partial charge in [-0.1, -0.05) is 48.5 Å². The minimum absolute atomic E-state index is 0.0417. The van der Waals surface area contributed by atoms with Crippen molar-refractivity contribution in [1.82, 2.24) is 0 Å². The van der Waals surface area contributed by atoms with Gasteiger partial charge in [0.1, 0.15) is 0 Å². The van der Waals surface area contributed by atoms with Crippen molar-refractivity contribution in [3.63, 3.8) is 0 Å². The van der Waals surface area contributed by atoms with Crippen LogP contribution in [0.25, 0.3) is 53.9 Å². The van der Waals surface area contributed by atoms with Crippen molar-refractivity contribution in [3.8, 4) is 0 Å². The predicted molar refractivity (Wildman–Crippen MR) is 109 cm³/mol. The van der Waals surface area contributed by atoms with Crippen molar-refractivity contribution >= 4 is 53.9 Å². The molecular weight excluding hydrogens is 320 g/mol. The molecule has 0 saturated carbocycles. The summed E-state index contributed by atoms with van der Waals surface area (Å²) in [5.41, 5.74) is 0.0838. The van der Waals surface area contributed by atoms with E-state index in [1.54, 1.807) is 0 Å². The summed E-state index contributed by atoms with van der Waals surface area (Å²) in [5, 5.41) is 8.58. The highest BCUT2D eigenvalue weighted by molar-refractivity contribution is 6.22. The number of hydrogen-bond donors (Lipinski definition) is 0. The molecule has 0 spiro atoms. The van der Waals surface area contributed by atoms with Crippen LogP contribution in [0, 0.1) is 0 Å². The van der Waals surface area contributed by atoms with Crippen LogP contribution in [-0.4, -0.2) is 0 Å². The van der Waals surface area contributed by atoms with Crippen LogP contribution in [0.3, 0.4) is 0 Å². The SMILES string of the molecule is O=c1c2ccccc2c2cc3c(=O)c4cc5ccccc5cc4c3cc12. The number of benzene rings is 4. The molecule has 0 N–H and O–H groups in total. The summed E-state index contributed by atoms with van der Waals surface area (Å²) in [4.78, 5) is 25.8. The molecule has 0 aliphatic rings. The summed E-state index contributed by atoms with van der Waals surface area (Å²) >= 11 is 0. The second-order valence-corrected chi connectivity index (χ2v) is 6.89. The Labute approximate surface area is 147 Å². The third-order valence-electron chi connectivity index (χ3n) is 5.53. The first-order chi connectivity index (χ1) is 12.7. The molecule has 120 valence electrons. The van der Waals surface area contributed by atoms with Gasteiger partial charge < -0.3 is 0 Å². The molecule has 0 fully saturated rings. The predicted octanol–water partition coefficient (Wildman–Crippen LogP) is 5.05. The Bertz CT molecular complexity index is 1610. The van der Waals surface area contributed by atoms with E-state index in [2.05, 4.69) is 6.07 Å². The average molecular weight is 332 g/mol. The summed E-state index contributed by atoms with van der Waals surface area (Å²) in [6.07, 6.45) is 0. The standard InChI is InChI=1S/C24H12O2/c25-23-16-8-4-3-7-15(16)18-11-22-19(12-21(18)23)17-9-13-5-1-2-6-14(13)10-20(17)24(22)26/h1-12H. The molecule has 6 rings (SSSR count). The Balaban J connectivity index is 1.90. The summed E-state index contributed by atoms with van der Waals surface area (Å²) in [7, 11) is 0. The third kappa shape index (κ3) is 1.56. The van der Waals surface area contributed by atoms with Crippen molar-refractivity contribution in [2.24, 2.45) is 0 Å². The minimum atomic E-state index is 0.0417. The topological polar surface area (TPSA) is 34.1 Å². The van der Waals surface area contributed by atoms with Crippen LogP contribution in [0.1, 0.15) is 0 Å². The first-order valence-corrected chi connectivity index (χ1v) is 8.62. The van der Waals surface area contributed by atoms with E-state index in [0.29, 0.717) is 10.8 Å². The molecule has 26 heavy (non-hydrogen) atoms. The third-order valence-corrected chi connectivity index (χ3v) is 5.53. The van der Waals surface area contributed by atoms with Crippen LogP contribution in [0.4, 0.5) is 0 Å². The van der Waals surface area contributed by atoms with Crippen LogP contribution >= 0.6 is 0 Å². The lowest BCUT2D eigenvalue weighted by Crippen LogP contribution is -1.95. The molecule has 0 saturated heterocycles. The molecule has 0 bridgehead atoms. The van der Waals surface area contributed by atoms with Gasteiger partial charge in [-0.25, -0.2) is 0 Å². The van der Waals surface area contributed by atoms with Crippen molar-refractivity contribution in [1.29, 1.82) is 0 Å². The zero-order chi connectivity index (χ0) is 17.4. The summed E-state index contributed by atoms with van der Waals surface area (Å²) in [6, 6.07) is 23.5. The van der Waals surface area contributed by atoms with Crippen LogP contribution in [0.15, 0.2) is 82.4 Å². The maximum Gasteiger partial charge on any atom is 0.194 e. The highest BCUT2D eigenvalue weighted by Gasteiger charge is 2.16. The lowest BCUT2D eigenvalue weighted by Gasteiger charge is -1.98. The maximum absolute atomic E-state index is 13.0. The van der Waals surface area contributed by atoms with Crippen LogP contribution in [-0.2, 0) is 0 Å². The Morgan fingerprint density at radius 3 is 1.50 bits per heavy atom. The zero-order valence-electron chi connectivity index (χ0n) is 13.7. The normalized spacial score (nSPS) is 12.2. The smallest absolute Gasteiger partial charge is 0.194 e. The van der Waals surface area contributed by atoms with E-state index < -0.39 is 0 Å². The molecule has 0 atom stereocenters. The monoisotopic (exact) mass is 332 g/mol. The van der Waals surface area contributed by atoms with Crippen LogP contribution in [0.5, 0.6) is 0 Å². The van der Waals surface area contributed by atoms with Crippen molar-refractivity contribution < 1.29 is 0 Å². The van der Waals surface area contributed by atoms with E-state index in [4.69, 9.17) is 0 Å². The van der Waals surface area contributed by atoms with Crippen molar-refractivity contribution in [3.05, 3.63) is 93.2 Å². The van der Waals surface area contributed by atoms with Gasteiger partial charge >= 0.3 is 0 Å². The quantitative estimate of drug-likeness (QED) is 0.390. The molecule has 0 aliphatic heterocycles. The number of hydrogen-bond acceptors (Lipinski definition) is 2. The molecule has 6 aromatic rings. The Hall–Kier alpha value is -3.52. The minimum Gasteiger partial charge on any atom is -0.289 e. The van der Waals surface area contributed by atoms with Gasteiger partial charge in [0.15, 0.2) is 10.9 Å². The molecule has 0 aliphatic carbocycles. The maximum atomic E-state index is 13.0. The summed E-state index contributed by atoms with van der Waals surface area (Å²) in [6.45, 7) is 0. The molecule has 0 radical (unpaired) electrons. The van der Waals surface area contributed by atoms with Crippen molar-refractivity contribution in [2.45, 2.75) is 0 Å². The number of rotatable bonds is 0. The van der Waals surface area contributed by atoms with E-state index in [-0.39, 0.29) is 10.9 Å². The first kappa shape index (κ1) is 13.7. The number of fused-ring (bicyclic) bond motifs is 7. The second-order valence-electron chi connectivity index (χ2n) is 6.89. The Morgan fingerprint density at radius 2 is 0.808 bits per heavy atom. The fourth-order valence-corrected chi connectivity index (χ4v) is 4.28. The molecule has 2 heteroatoms. The van der Waals surface area contributed by atoms with Gasteiger partial charge in [-0.2, -0.15) is 0 Å². The van der Waals surface area contributed by atoms with Gasteiger partial charge in [0.05, 0.1) is 0 Å². The fourth-order valence-electron chi connectivity index (χ4n) is 4.28. The van der Waals surface area contributed by atoms with Gasteiger partial charge in [0, 0.05) is 21.5 Å². The Kier molecular flexibility index (Phi) is 2.41. The largest absolute Gasteiger partial charge is 0.289 e. The zero-order valence-corrected chi connectivity index (χ0v) is 13.7. The Morgan fingerprint density at radius 1 is 0.385 bits per heavy atom. The summed E-state index contributed by atoms with van der Waals surface area (Å²) < 4.78 is 0. The molecule has 0 unspecified atom stereocenters. The van der Waals surface area contributed by atoms with Gasteiger partial charge in [0.2, 0.25) is 0 Å². The highest BCUT2D eigenvalue weighted by Crippen LogP contribution is 2.33. The molecular formula is C24H12O2. The van der Waals surface area contributed by atoms with Gasteiger partial charge in [-0.3, -0.25) is 9.59 Å².